The van der Waals surface area contributed by atoms with Gasteiger partial charge in [0.25, 0.3) is 0 Å². The molecule has 1 unspecified atom stereocenters. The van der Waals surface area contributed by atoms with Gasteiger partial charge >= 0.3 is 0 Å². The van der Waals surface area contributed by atoms with Crippen LogP contribution < -0.4 is 14.8 Å². The van der Waals surface area contributed by atoms with Gasteiger partial charge in [-0.05, 0) is 42.0 Å². The van der Waals surface area contributed by atoms with E-state index in [1.54, 1.807) is 26.0 Å². The van der Waals surface area contributed by atoms with Crippen molar-refractivity contribution >= 4 is 40.7 Å². The summed E-state index contributed by atoms with van der Waals surface area (Å²) in [5, 5.41) is 3.48. The smallest absolute Gasteiger partial charge is 0.221 e. The molecule has 0 saturated heterocycles. The van der Waals surface area contributed by atoms with E-state index < -0.39 is 0 Å². The fraction of sp³-hybridized carbons (Fsp3) is 0.200. The molecule has 1 N–H and O–H groups in total. The van der Waals surface area contributed by atoms with Crippen LogP contribution in [-0.4, -0.2) is 31.1 Å². The Morgan fingerprint density at radius 3 is 2.56 bits per heavy atom. The van der Waals surface area contributed by atoms with E-state index in [0.717, 1.165) is 27.4 Å². The summed E-state index contributed by atoms with van der Waals surface area (Å²) in [6.45, 7) is 0.384. The van der Waals surface area contributed by atoms with Gasteiger partial charge < -0.3 is 14.8 Å². The van der Waals surface area contributed by atoms with Gasteiger partial charge in [0.2, 0.25) is 5.91 Å². The van der Waals surface area contributed by atoms with Gasteiger partial charge in [0.05, 0.1) is 30.9 Å². The molecule has 7 heteroatoms. The number of nitrogens with zero attached hydrogens (tertiary/aromatic N) is 1. The Morgan fingerprint density at radius 2 is 1.78 bits per heavy atom. The van der Waals surface area contributed by atoms with Crippen LogP contribution in [-0.2, 0) is 11.3 Å². The molecule has 3 aromatic rings. The van der Waals surface area contributed by atoms with Crippen molar-refractivity contribution in [2.45, 2.75) is 23.1 Å². The molecular formula is C25H23ClN2O3S. The lowest BCUT2D eigenvalue weighted by molar-refractivity contribution is -0.121. The normalized spacial score (nSPS) is 14.8. The number of benzene rings is 3. The van der Waals surface area contributed by atoms with Crippen LogP contribution in [0.25, 0.3) is 0 Å². The van der Waals surface area contributed by atoms with Crippen molar-refractivity contribution in [2.75, 3.05) is 14.2 Å². The van der Waals surface area contributed by atoms with E-state index in [2.05, 4.69) is 5.32 Å². The average molecular weight is 467 g/mol. The van der Waals surface area contributed by atoms with Crippen molar-refractivity contribution in [3.05, 3.63) is 82.9 Å². The summed E-state index contributed by atoms with van der Waals surface area (Å²) in [6.07, 6.45) is 0.288. The Bertz CT molecular complexity index is 1170. The zero-order chi connectivity index (χ0) is 22.5. The lowest BCUT2D eigenvalue weighted by Crippen LogP contribution is -2.31. The van der Waals surface area contributed by atoms with Crippen LogP contribution in [0.3, 0.4) is 0 Å². The number of amides is 1. The molecule has 1 aliphatic heterocycles. The van der Waals surface area contributed by atoms with Gasteiger partial charge in [-0.25, -0.2) is 0 Å². The predicted octanol–water partition coefficient (Wildman–Crippen LogP) is 5.66. The molecule has 0 saturated carbocycles. The number of methoxy groups -OCH3 is 2. The molecule has 3 aromatic carbocycles. The van der Waals surface area contributed by atoms with Gasteiger partial charge in [-0.2, -0.15) is 0 Å². The van der Waals surface area contributed by atoms with Crippen LogP contribution in [0.4, 0.5) is 5.69 Å². The third-order valence-electron chi connectivity index (χ3n) is 5.16. The first-order chi connectivity index (χ1) is 15.6. The number of hydrogen-bond acceptors (Lipinski definition) is 5. The van der Waals surface area contributed by atoms with E-state index in [-0.39, 0.29) is 17.6 Å². The molecule has 0 aliphatic carbocycles. The summed E-state index contributed by atoms with van der Waals surface area (Å²) in [6, 6.07) is 21.2. The molecule has 0 radical (unpaired) electrons. The summed E-state index contributed by atoms with van der Waals surface area (Å²) in [5.41, 5.74) is 3.52. The van der Waals surface area contributed by atoms with Crippen LogP contribution in [0, 0.1) is 0 Å². The maximum absolute atomic E-state index is 12.8. The first-order valence-corrected chi connectivity index (χ1v) is 11.4. The van der Waals surface area contributed by atoms with Gasteiger partial charge in [-0.3, -0.25) is 9.79 Å². The molecule has 0 bridgehead atoms. The second-order valence-electron chi connectivity index (χ2n) is 7.21. The Labute approximate surface area is 196 Å². The quantitative estimate of drug-likeness (QED) is 0.488. The van der Waals surface area contributed by atoms with Crippen molar-refractivity contribution in [3.8, 4) is 11.5 Å². The standard InChI is InChI=1S/C25H23ClN2O3S/c1-30-20-12-11-16(13-21(20)31-2)25-23(32-22-10-6-5-9-19(22)28-25)14-24(29)27-15-17-7-3-4-8-18(17)26/h3-13,23H,14-15H2,1-2H3,(H,27,29). The first kappa shape index (κ1) is 22.2. The highest BCUT2D eigenvalue weighted by atomic mass is 35.5. The number of hydrogen-bond donors (Lipinski definition) is 1. The summed E-state index contributed by atoms with van der Waals surface area (Å²) in [5.74, 6) is 1.21. The molecule has 1 amide bonds. The molecule has 164 valence electrons. The van der Waals surface area contributed by atoms with Crippen molar-refractivity contribution < 1.29 is 14.3 Å². The van der Waals surface area contributed by atoms with E-state index in [1.807, 2.05) is 66.7 Å². The number of carbonyl (C=O) groups excluding carboxylic acids is 1. The third-order valence-corrected chi connectivity index (χ3v) is 6.81. The van der Waals surface area contributed by atoms with E-state index in [9.17, 15) is 4.79 Å². The minimum absolute atomic E-state index is 0.0602. The SMILES string of the molecule is COc1ccc(C2=Nc3ccccc3SC2CC(=O)NCc2ccccc2Cl)cc1OC. The summed E-state index contributed by atoms with van der Waals surface area (Å²) < 4.78 is 10.8. The molecule has 1 aliphatic rings. The topological polar surface area (TPSA) is 59.9 Å². The molecule has 0 spiro atoms. The average Bonchev–Trinajstić information content (AvgIpc) is 2.82. The second-order valence-corrected chi connectivity index (χ2v) is 8.87. The van der Waals surface area contributed by atoms with Crippen molar-refractivity contribution in [3.63, 3.8) is 0 Å². The number of nitrogens with one attached hydrogen (secondary N) is 1. The number of para-hydroxylation sites is 1. The molecular weight excluding hydrogens is 444 g/mol. The Hall–Kier alpha value is -2.96. The minimum Gasteiger partial charge on any atom is -0.493 e. The largest absolute Gasteiger partial charge is 0.493 e. The van der Waals surface area contributed by atoms with Gasteiger partial charge in [-0.15, -0.1) is 11.8 Å². The second kappa shape index (κ2) is 10.1. The van der Waals surface area contributed by atoms with Crippen LogP contribution in [0.5, 0.6) is 11.5 Å². The number of rotatable bonds is 7. The molecule has 0 fully saturated rings. The first-order valence-electron chi connectivity index (χ1n) is 10.2. The lowest BCUT2D eigenvalue weighted by Gasteiger charge is -2.25. The molecule has 5 nitrogen and oxygen atoms in total. The highest BCUT2D eigenvalue weighted by molar-refractivity contribution is 8.01. The summed E-state index contributed by atoms with van der Waals surface area (Å²) in [7, 11) is 3.21. The number of thioether (sulfide) groups is 1. The van der Waals surface area contributed by atoms with Crippen LogP contribution in [0.1, 0.15) is 17.5 Å². The zero-order valence-electron chi connectivity index (χ0n) is 17.8. The minimum atomic E-state index is -0.144. The van der Waals surface area contributed by atoms with Crippen LogP contribution >= 0.6 is 23.4 Å². The zero-order valence-corrected chi connectivity index (χ0v) is 19.4. The fourth-order valence-electron chi connectivity index (χ4n) is 3.52. The van der Waals surface area contributed by atoms with Gasteiger partial charge in [0.15, 0.2) is 11.5 Å². The number of halogens is 1. The van der Waals surface area contributed by atoms with E-state index >= 15 is 0 Å². The van der Waals surface area contributed by atoms with Gasteiger partial charge in [0, 0.05) is 28.4 Å². The Kier molecular flexibility index (Phi) is 7.02. The third kappa shape index (κ3) is 4.92. The van der Waals surface area contributed by atoms with E-state index in [1.165, 1.54) is 0 Å². The monoisotopic (exact) mass is 466 g/mol. The summed E-state index contributed by atoms with van der Waals surface area (Å²) in [4.78, 5) is 18.8. The Morgan fingerprint density at radius 1 is 1.03 bits per heavy atom. The molecule has 0 aromatic heterocycles. The fourth-order valence-corrected chi connectivity index (χ4v) is 4.96. The molecule has 1 atom stereocenters. The predicted molar refractivity (Wildman–Crippen MR) is 130 cm³/mol. The number of ether oxygens (including phenoxy) is 2. The molecule has 4 rings (SSSR count). The van der Waals surface area contributed by atoms with Crippen molar-refractivity contribution in [1.29, 1.82) is 0 Å². The number of aliphatic imine (C=N–C) groups is 1. The Balaban J connectivity index is 1.58. The maximum atomic E-state index is 12.8. The van der Waals surface area contributed by atoms with Crippen LogP contribution in [0.15, 0.2) is 76.6 Å². The van der Waals surface area contributed by atoms with E-state index in [0.29, 0.717) is 23.1 Å². The number of carbonyl (C=O) groups is 1. The van der Waals surface area contributed by atoms with Gasteiger partial charge in [-0.1, -0.05) is 41.9 Å². The highest BCUT2D eigenvalue weighted by Crippen LogP contribution is 2.41. The highest BCUT2D eigenvalue weighted by Gasteiger charge is 2.28. The molecule has 1 heterocycles. The summed E-state index contributed by atoms with van der Waals surface area (Å²) >= 11 is 7.86. The van der Waals surface area contributed by atoms with Crippen molar-refractivity contribution in [1.82, 2.24) is 5.32 Å². The van der Waals surface area contributed by atoms with Crippen molar-refractivity contribution in [2.24, 2.45) is 4.99 Å². The van der Waals surface area contributed by atoms with Gasteiger partial charge in [0.1, 0.15) is 0 Å². The molecule has 32 heavy (non-hydrogen) atoms. The van der Waals surface area contributed by atoms with E-state index in [4.69, 9.17) is 26.1 Å². The number of fused-ring (bicyclic) bond motifs is 1. The maximum Gasteiger partial charge on any atom is 0.221 e. The lowest BCUT2D eigenvalue weighted by atomic mass is 10.0. The van der Waals surface area contributed by atoms with Crippen LogP contribution in [0.2, 0.25) is 5.02 Å².